The van der Waals surface area contributed by atoms with E-state index in [1.807, 2.05) is 30.3 Å². The van der Waals surface area contributed by atoms with Gasteiger partial charge in [-0.05, 0) is 42.2 Å². The maximum absolute atomic E-state index is 12.5. The Morgan fingerprint density at radius 1 is 1.10 bits per heavy atom. The summed E-state index contributed by atoms with van der Waals surface area (Å²) in [6.07, 6.45) is 3.41. The SMILES string of the molecule is CCCCc1ccccc1NCc1ccc(C(=O)Nc2nc(COC(C)=O)cs2)cc1. The number of aromatic nitrogens is 1. The second kappa shape index (κ2) is 11.3. The molecule has 0 spiro atoms. The van der Waals surface area contributed by atoms with Gasteiger partial charge < -0.3 is 10.1 Å². The summed E-state index contributed by atoms with van der Waals surface area (Å²) in [6.45, 7) is 4.34. The van der Waals surface area contributed by atoms with Crippen molar-refractivity contribution in [2.45, 2.75) is 46.3 Å². The number of thiazole rings is 1. The summed E-state index contributed by atoms with van der Waals surface area (Å²) in [5, 5.41) is 8.52. The van der Waals surface area contributed by atoms with Crippen LogP contribution < -0.4 is 10.6 Å². The molecule has 162 valence electrons. The number of para-hydroxylation sites is 1. The molecule has 2 N–H and O–H groups in total. The van der Waals surface area contributed by atoms with Crippen LogP contribution in [0.2, 0.25) is 0 Å². The number of amides is 1. The molecule has 0 aliphatic rings. The fourth-order valence-corrected chi connectivity index (χ4v) is 3.71. The lowest BCUT2D eigenvalue weighted by atomic mass is 10.1. The summed E-state index contributed by atoms with van der Waals surface area (Å²) in [7, 11) is 0. The van der Waals surface area contributed by atoms with Crippen molar-refractivity contribution >= 4 is 34.0 Å². The zero-order chi connectivity index (χ0) is 22.1. The zero-order valence-corrected chi connectivity index (χ0v) is 18.6. The number of aryl methyl sites for hydroxylation is 1. The Morgan fingerprint density at radius 3 is 2.61 bits per heavy atom. The number of anilines is 2. The van der Waals surface area contributed by atoms with Crippen LogP contribution in [-0.2, 0) is 29.1 Å². The van der Waals surface area contributed by atoms with Gasteiger partial charge in [-0.25, -0.2) is 4.98 Å². The zero-order valence-electron chi connectivity index (χ0n) is 17.8. The van der Waals surface area contributed by atoms with E-state index in [0.29, 0.717) is 22.9 Å². The van der Waals surface area contributed by atoms with Gasteiger partial charge in [0, 0.05) is 30.1 Å². The largest absolute Gasteiger partial charge is 0.459 e. The molecule has 1 heterocycles. The van der Waals surface area contributed by atoms with E-state index < -0.39 is 0 Å². The van der Waals surface area contributed by atoms with Gasteiger partial charge in [-0.2, -0.15) is 0 Å². The molecule has 0 saturated carbocycles. The Balaban J connectivity index is 1.54. The third-order valence-electron chi connectivity index (χ3n) is 4.71. The van der Waals surface area contributed by atoms with Gasteiger partial charge in [0.2, 0.25) is 0 Å². The minimum Gasteiger partial charge on any atom is -0.459 e. The number of carbonyl (C=O) groups is 2. The van der Waals surface area contributed by atoms with Crippen molar-refractivity contribution in [1.82, 2.24) is 4.98 Å². The minimum absolute atomic E-state index is 0.102. The molecule has 3 rings (SSSR count). The van der Waals surface area contributed by atoms with Gasteiger partial charge in [0.25, 0.3) is 5.91 Å². The third-order valence-corrected chi connectivity index (χ3v) is 5.52. The van der Waals surface area contributed by atoms with Crippen molar-refractivity contribution in [3.05, 3.63) is 76.3 Å². The maximum Gasteiger partial charge on any atom is 0.303 e. The third kappa shape index (κ3) is 6.93. The molecule has 0 atom stereocenters. The number of nitrogens with one attached hydrogen (secondary N) is 2. The number of unbranched alkanes of at least 4 members (excludes halogenated alkanes) is 1. The minimum atomic E-state index is -0.363. The molecule has 0 fully saturated rings. The van der Waals surface area contributed by atoms with E-state index in [9.17, 15) is 9.59 Å². The molecule has 0 aliphatic heterocycles. The van der Waals surface area contributed by atoms with Crippen LogP contribution in [0, 0.1) is 0 Å². The van der Waals surface area contributed by atoms with Gasteiger partial charge in [-0.3, -0.25) is 14.9 Å². The molecule has 0 radical (unpaired) electrons. The first-order chi connectivity index (χ1) is 15.0. The first-order valence-electron chi connectivity index (χ1n) is 10.3. The number of rotatable bonds is 10. The van der Waals surface area contributed by atoms with Crippen LogP contribution in [0.3, 0.4) is 0 Å². The molecule has 0 bridgehead atoms. The lowest BCUT2D eigenvalue weighted by Gasteiger charge is -2.12. The summed E-state index contributed by atoms with van der Waals surface area (Å²) in [6, 6.07) is 15.9. The molecule has 0 aliphatic carbocycles. The van der Waals surface area contributed by atoms with Gasteiger partial charge in [0.15, 0.2) is 5.13 Å². The van der Waals surface area contributed by atoms with Crippen molar-refractivity contribution in [1.29, 1.82) is 0 Å². The topological polar surface area (TPSA) is 80.3 Å². The highest BCUT2D eigenvalue weighted by Crippen LogP contribution is 2.20. The van der Waals surface area contributed by atoms with E-state index in [1.54, 1.807) is 5.38 Å². The van der Waals surface area contributed by atoms with E-state index in [0.717, 1.165) is 17.7 Å². The van der Waals surface area contributed by atoms with E-state index in [-0.39, 0.29) is 18.5 Å². The Bertz CT molecular complexity index is 1010. The van der Waals surface area contributed by atoms with E-state index in [1.165, 1.54) is 36.7 Å². The van der Waals surface area contributed by atoms with Crippen molar-refractivity contribution in [3.63, 3.8) is 0 Å². The monoisotopic (exact) mass is 437 g/mol. The fourth-order valence-electron chi connectivity index (χ4n) is 3.02. The van der Waals surface area contributed by atoms with Gasteiger partial charge in [0.1, 0.15) is 6.61 Å². The van der Waals surface area contributed by atoms with E-state index in [4.69, 9.17) is 4.74 Å². The van der Waals surface area contributed by atoms with Gasteiger partial charge in [-0.1, -0.05) is 43.7 Å². The van der Waals surface area contributed by atoms with Crippen LogP contribution in [0.5, 0.6) is 0 Å². The second-order valence-electron chi connectivity index (χ2n) is 7.19. The van der Waals surface area contributed by atoms with Crippen LogP contribution >= 0.6 is 11.3 Å². The Hall–Kier alpha value is -3.19. The number of nitrogens with zero attached hydrogens (tertiary/aromatic N) is 1. The predicted molar refractivity (Wildman–Crippen MR) is 124 cm³/mol. The standard InChI is InChI=1S/C24H27N3O3S/c1-3-4-7-19-8-5-6-9-22(19)25-14-18-10-12-20(13-11-18)23(29)27-24-26-21(16-31-24)15-30-17(2)28/h5-6,8-13,16,25H,3-4,7,14-15H2,1-2H3,(H,26,27,29). The van der Waals surface area contributed by atoms with Gasteiger partial charge >= 0.3 is 5.97 Å². The summed E-state index contributed by atoms with van der Waals surface area (Å²) in [4.78, 5) is 27.6. The van der Waals surface area contributed by atoms with E-state index >= 15 is 0 Å². The Labute approximate surface area is 186 Å². The maximum atomic E-state index is 12.5. The van der Waals surface area contributed by atoms with Crippen molar-refractivity contribution in [2.75, 3.05) is 10.6 Å². The van der Waals surface area contributed by atoms with Crippen LogP contribution in [-0.4, -0.2) is 16.9 Å². The molecular weight excluding hydrogens is 410 g/mol. The first kappa shape index (κ1) is 22.5. The Kier molecular flexibility index (Phi) is 8.18. The summed E-state index contributed by atoms with van der Waals surface area (Å²) >= 11 is 1.30. The molecule has 0 unspecified atom stereocenters. The van der Waals surface area contributed by atoms with E-state index in [2.05, 4.69) is 40.7 Å². The highest BCUT2D eigenvalue weighted by Gasteiger charge is 2.10. The number of esters is 1. The smallest absolute Gasteiger partial charge is 0.303 e. The number of hydrogen-bond donors (Lipinski definition) is 2. The molecule has 3 aromatic rings. The lowest BCUT2D eigenvalue weighted by Crippen LogP contribution is -2.12. The molecule has 31 heavy (non-hydrogen) atoms. The lowest BCUT2D eigenvalue weighted by molar-refractivity contribution is -0.142. The summed E-state index contributed by atoms with van der Waals surface area (Å²) < 4.78 is 4.91. The fraction of sp³-hybridized carbons (Fsp3) is 0.292. The van der Waals surface area contributed by atoms with Crippen molar-refractivity contribution < 1.29 is 14.3 Å². The first-order valence-corrected chi connectivity index (χ1v) is 11.2. The van der Waals surface area contributed by atoms with Crippen molar-refractivity contribution in [2.24, 2.45) is 0 Å². The summed E-state index contributed by atoms with van der Waals surface area (Å²) in [5.41, 5.74) is 4.75. The second-order valence-corrected chi connectivity index (χ2v) is 8.05. The number of benzene rings is 2. The van der Waals surface area contributed by atoms with Crippen LogP contribution in [0.25, 0.3) is 0 Å². The van der Waals surface area contributed by atoms with Crippen LogP contribution in [0.4, 0.5) is 10.8 Å². The average molecular weight is 438 g/mol. The normalized spacial score (nSPS) is 10.5. The van der Waals surface area contributed by atoms with Crippen molar-refractivity contribution in [3.8, 4) is 0 Å². The molecule has 0 saturated heterocycles. The molecule has 6 nitrogen and oxygen atoms in total. The average Bonchev–Trinajstić information content (AvgIpc) is 3.23. The van der Waals surface area contributed by atoms with Crippen LogP contribution in [0.15, 0.2) is 53.9 Å². The van der Waals surface area contributed by atoms with Crippen LogP contribution in [0.1, 0.15) is 53.9 Å². The highest BCUT2D eigenvalue weighted by molar-refractivity contribution is 7.13. The molecular formula is C24H27N3O3S. The highest BCUT2D eigenvalue weighted by atomic mass is 32.1. The molecule has 1 amide bonds. The Morgan fingerprint density at radius 2 is 1.87 bits per heavy atom. The molecule has 2 aromatic carbocycles. The molecule has 1 aromatic heterocycles. The molecule has 7 heteroatoms. The van der Waals surface area contributed by atoms with Gasteiger partial charge in [0.05, 0.1) is 5.69 Å². The number of hydrogen-bond acceptors (Lipinski definition) is 6. The van der Waals surface area contributed by atoms with Gasteiger partial charge in [-0.15, -0.1) is 11.3 Å². The quantitative estimate of drug-likeness (QED) is 0.414. The number of carbonyl (C=O) groups excluding carboxylic acids is 2. The summed E-state index contributed by atoms with van der Waals surface area (Å²) in [5.74, 6) is -0.588. The number of ether oxygens (including phenoxy) is 1. The predicted octanol–water partition coefficient (Wildman–Crippen LogP) is 5.41.